The molecule has 1 amide bonds. The highest BCUT2D eigenvalue weighted by atomic mass is 35.5. The Morgan fingerprint density at radius 1 is 1.12 bits per heavy atom. The zero-order valence-electron chi connectivity index (χ0n) is 12.9. The summed E-state index contributed by atoms with van der Waals surface area (Å²) in [5, 5.41) is 10.4. The molecule has 0 aliphatic heterocycles. The van der Waals surface area contributed by atoms with Crippen molar-refractivity contribution in [2.45, 2.75) is 13.1 Å². The molecule has 1 aromatic heterocycles. The fourth-order valence-electron chi connectivity index (χ4n) is 2.14. The van der Waals surface area contributed by atoms with E-state index >= 15 is 0 Å². The average Bonchev–Trinajstić information content (AvgIpc) is 2.95. The largest absolute Gasteiger partial charge is 0.369 e. The number of tetrazole rings is 1. The smallest absolute Gasteiger partial charge is 0.350 e. The Morgan fingerprint density at radius 2 is 1.84 bits per heavy atom. The summed E-state index contributed by atoms with van der Waals surface area (Å²) in [6.07, 6.45) is 0. The van der Waals surface area contributed by atoms with Gasteiger partial charge in [0, 0.05) is 6.54 Å². The van der Waals surface area contributed by atoms with Crippen molar-refractivity contribution < 1.29 is 9.18 Å². The zero-order chi connectivity index (χ0) is 17.8. The molecule has 0 unspecified atom stereocenters. The molecule has 128 valence electrons. The number of carbonyl (C=O) groups is 1. The number of aromatic nitrogens is 4. The molecule has 0 aliphatic carbocycles. The minimum atomic E-state index is -0.579. The zero-order valence-corrected chi connectivity index (χ0v) is 13.7. The van der Waals surface area contributed by atoms with Gasteiger partial charge in [-0.05, 0) is 40.3 Å². The molecule has 0 atom stereocenters. The second kappa shape index (κ2) is 7.27. The Hall–Kier alpha value is -3.00. The maximum atomic E-state index is 12.8. The summed E-state index contributed by atoms with van der Waals surface area (Å²) in [4.78, 5) is 24.3. The first-order valence-corrected chi connectivity index (χ1v) is 7.71. The van der Waals surface area contributed by atoms with Crippen LogP contribution in [0.5, 0.6) is 0 Å². The molecule has 0 bridgehead atoms. The van der Waals surface area contributed by atoms with E-state index in [9.17, 15) is 14.0 Å². The summed E-state index contributed by atoms with van der Waals surface area (Å²) in [7, 11) is 0. The number of nitrogens with one attached hydrogen (secondary N) is 1. The molecule has 0 fully saturated rings. The van der Waals surface area contributed by atoms with Crippen molar-refractivity contribution in [2.24, 2.45) is 0 Å². The van der Waals surface area contributed by atoms with E-state index in [4.69, 9.17) is 11.6 Å². The number of hydrogen-bond acceptors (Lipinski definition) is 4. The van der Waals surface area contributed by atoms with Crippen molar-refractivity contribution in [2.75, 3.05) is 0 Å². The van der Waals surface area contributed by atoms with E-state index in [0.29, 0.717) is 10.7 Å². The van der Waals surface area contributed by atoms with E-state index < -0.39 is 11.6 Å². The van der Waals surface area contributed by atoms with E-state index in [1.54, 1.807) is 36.4 Å². The van der Waals surface area contributed by atoms with Gasteiger partial charge in [-0.25, -0.2) is 9.18 Å². The molecular weight excluding hydrogens is 349 g/mol. The molecule has 0 saturated carbocycles. The lowest BCUT2D eigenvalue weighted by Gasteiger charge is -2.04. The van der Waals surface area contributed by atoms with Gasteiger partial charge in [0.15, 0.2) is 0 Å². The predicted octanol–water partition coefficient (Wildman–Crippen LogP) is 1.54. The van der Waals surface area contributed by atoms with E-state index in [1.807, 2.05) is 0 Å². The lowest BCUT2D eigenvalue weighted by atomic mass is 10.2. The normalized spacial score (nSPS) is 10.6. The van der Waals surface area contributed by atoms with Crippen LogP contribution in [0, 0.1) is 5.82 Å². The molecule has 0 spiro atoms. The van der Waals surface area contributed by atoms with Gasteiger partial charge in [0.25, 0.3) is 0 Å². The highest BCUT2D eigenvalue weighted by Gasteiger charge is 2.13. The molecule has 1 N–H and O–H groups in total. The highest BCUT2D eigenvalue weighted by Crippen LogP contribution is 2.16. The number of para-hydroxylation sites is 1. The molecule has 0 aliphatic rings. The molecule has 2 aromatic carbocycles. The number of benzene rings is 2. The first kappa shape index (κ1) is 16.8. The molecule has 0 radical (unpaired) electrons. The number of carbonyl (C=O) groups excluding carboxylic acids is 1. The monoisotopic (exact) mass is 361 g/mol. The van der Waals surface area contributed by atoms with Crippen LogP contribution >= 0.6 is 11.6 Å². The average molecular weight is 362 g/mol. The van der Waals surface area contributed by atoms with E-state index in [0.717, 1.165) is 14.9 Å². The van der Waals surface area contributed by atoms with Crippen LogP contribution in [-0.4, -0.2) is 25.7 Å². The second-order valence-electron chi connectivity index (χ2n) is 5.19. The van der Waals surface area contributed by atoms with Crippen LogP contribution < -0.4 is 11.0 Å². The number of nitrogens with zero attached hydrogens (tertiary/aromatic N) is 4. The fourth-order valence-corrected chi connectivity index (χ4v) is 2.36. The van der Waals surface area contributed by atoms with Crippen molar-refractivity contribution in [1.82, 2.24) is 25.1 Å². The van der Waals surface area contributed by atoms with Gasteiger partial charge in [0.2, 0.25) is 5.91 Å². The standard InChI is InChI=1S/C16H13ClFN5O2/c17-13-3-1-2-4-14(13)23-16(25)22(20-21-23)10-15(24)19-9-11-5-7-12(18)8-6-11/h1-8H,9-10H2,(H,19,24). The van der Waals surface area contributed by atoms with Gasteiger partial charge >= 0.3 is 5.69 Å². The summed E-state index contributed by atoms with van der Waals surface area (Å²) in [5.41, 5.74) is 0.541. The summed E-state index contributed by atoms with van der Waals surface area (Å²) < 4.78 is 14.8. The Bertz CT molecular complexity index is 952. The molecule has 9 heteroatoms. The van der Waals surface area contributed by atoms with Crippen LogP contribution in [0.15, 0.2) is 53.3 Å². The second-order valence-corrected chi connectivity index (χ2v) is 5.59. The summed E-state index contributed by atoms with van der Waals surface area (Å²) in [6.45, 7) is -0.0724. The number of rotatable bonds is 5. The summed E-state index contributed by atoms with van der Waals surface area (Å²) >= 11 is 6.03. The predicted molar refractivity (Wildman–Crippen MR) is 88.9 cm³/mol. The van der Waals surface area contributed by atoms with Crippen LogP contribution in [-0.2, 0) is 17.9 Å². The van der Waals surface area contributed by atoms with Gasteiger partial charge in [-0.1, -0.05) is 35.9 Å². The topological polar surface area (TPSA) is 81.8 Å². The highest BCUT2D eigenvalue weighted by molar-refractivity contribution is 6.32. The summed E-state index contributed by atoms with van der Waals surface area (Å²) in [5.74, 6) is -0.768. The maximum Gasteiger partial charge on any atom is 0.369 e. The van der Waals surface area contributed by atoms with Gasteiger partial charge < -0.3 is 5.32 Å². The molecule has 0 saturated heterocycles. The maximum absolute atomic E-state index is 12.8. The SMILES string of the molecule is O=C(Cn1nnn(-c2ccccc2Cl)c1=O)NCc1ccc(F)cc1. The van der Waals surface area contributed by atoms with Gasteiger partial charge in [-0.2, -0.15) is 9.36 Å². The van der Waals surface area contributed by atoms with Crippen molar-refractivity contribution in [3.05, 3.63) is 75.4 Å². The van der Waals surface area contributed by atoms with Gasteiger partial charge in [-0.15, -0.1) is 0 Å². The van der Waals surface area contributed by atoms with Gasteiger partial charge in [0.05, 0.1) is 10.7 Å². The Labute approximate surface area is 146 Å². The first-order valence-electron chi connectivity index (χ1n) is 7.33. The third-order valence-corrected chi connectivity index (χ3v) is 3.74. The molecule has 3 rings (SSSR count). The lowest BCUT2D eigenvalue weighted by Crippen LogP contribution is -2.33. The first-order chi connectivity index (χ1) is 12.0. The lowest BCUT2D eigenvalue weighted by molar-refractivity contribution is -0.122. The van der Waals surface area contributed by atoms with Crippen LogP contribution in [0.3, 0.4) is 0 Å². The van der Waals surface area contributed by atoms with Crippen LogP contribution in [0.25, 0.3) is 5.69 Å². The Balaban J connectivity index is 1.67. The van der Waals surface area contributed by atoms with Crippen LogP contribution in [0.2, 0.25) is 5.02 Å². The quantitative estimate of drug-likeness (QED) is 0.747. The van der Waals surface area contributed by atoms with Crippen LogP contribution in [0.1, 0.15) is 5.56 Å². The van der Waals surface area contributed by atoms with E-state index in [2.05, 4.69) is 15.7 Å². The van der Waals surface area contributed by atoms with E-state index in [-0.39, 0.29) is 18.9 Å². The van der Waals surface area contributed by atoms with E-state index in [1.165, 1.54) is 12.1 Å². The number of hydrogen-bond donors (Lipinski definition) is 1. The van der Waals surface area contributed by atoms with Gasteiger partial charge in [-0.3, -0.25) is 4.79 Å². The Kier molecular flexibility index (Phi) is 4.90. The van der Waals surface area contributed by atoms with Gasteiger partial charge in [0.1, 0.15) is 12.4 Å². The minimum Gasteiger partial charge on any atom is -0.350 e. The van der Waals surface area contributed by atoms with Crippen LogP contribution in [0.4, 0.5) is 4.39 Å². The third-order valence-electron chi connectivity index (χ3n) is 3.42. The number of amides is 1. The Morgan fingerprint density at radius 3 is 2.56 bits per heavy atom. The minimum absolute atomic E-state index is 0.215. The van der Waals surface area contributed by atoms with Crippen molar-refractivity contribution in [3.8, 4) is 5.69 Å². The molecular formula is C16H13ClFN5O2. The fraction of sp³-hybridized carbons (Fsp3) is 0.125. The molecule has 1 heterocycles. The van der Waals surface area contributed by atoms with Crippen molar-refractivity contribution >= 4 is 17.5 Å². The third kappa shape index (κ3) is 3.92. The van der Waals surface area contributed by atoms with Crippen molar-refractivity contribution in [3.63, 3.8) is 0 Å². The van der Waals surface area contributed by atoms with Crippen molar-refractivity contribution in [1.29, 1.82) is 0 Å². The number of halogens is 2. The molecule has 7 nitrogen and oxygen atoms in total. The molecule has 25 heavy (non-hydrogen) atoms. The molecule has 3 aromatic rings. The summed E-state index contributed by atoms with van der Waals surface area (Å²) in [6, 6.07) is 12.4.